The third-order valence-corrected chi connectivity index (χ3v) is 3.49. The van der Waals surface area contributed by atoms with Crippen LogP contribution in [0.25, 0.3) is 11.2 Å². The van der Waals surface area contributed by atoms with Gasteiger partial charge in [-0.1, -0.05) is 33.1 Å². The molecule has 0 aliphatic heterocycles. The van der Waals surface area contributed by atoms with E-state index >= 15 is 0 Å². The highest BCUT2D eigenvalue weighted by Gasteiger charge is 2.12. The van der Waals surface area contributed by atoms with Crippen molar-refractivity contribution in [2.45, 2.75) is 59.0 Å². The van der Waals surface area contributed by atoms with Crippen molar-refractivity contribution in [3.05, 3.63) is 27.2 Å². The Labute approximate surface area is 117 Å². The first-order chi connectivity index (χ1) is 9.69. The second-order valence-corrected chi connectivity index (χ2v) is 5.08. The lowest BCUT2D eigenvalue weighted by atomic mass is 10.2. The van der Waals surface area contributed by atoms with E-state index in [2.05, 4.69) is 23.8 Å². The van der Waals surface area contributed by atoms with Gasteiger partial charge in [-0.2, -0.15) is 0 Å². The number of rotatable bonds is 7. The number of aromatic amines is 1. The van der Waals surface area contributed by atoms with Crippen LogP contribution in [0.3, 0.4) is 0 Å². The lowest BCUT2D eigenvalue weighted by Gasteiger charge is -2.06. The Bertz CT molecular complexity index is 681. The van der Waals surface area contributed by atoms with Crippen LogP contribution >= 0.6 is 0 Å². The number of fused-ring (bicyclic) bond motifs is 1. The van der Waals surface area contributed by atoms with Crippen molar-refractivity contribution in [1.82, 2.24) is 19.1 Å². The Balaban J connectivity index is 2.44. The number of hydrogen-bond acceptors (Lipinski definition) is 3. The monoisotopic (exact) mass is 278 g/mol. The molecule has 110 valence electrons. The zero-order chi connectivity index (χ0) is 14.5. The fourth-order valence-corrected chi connectivity index (χ4v) is 2.35. The van der Waals surface area contributed by atoms with Crippen molar-refractivity contribution in [3.8, 4) is 0 Å². The summed E-state index contributed by atoms with van der Waals surface area (Å²) in [6.45, 7) is 5.56. The zero-order valence-electron chi connectivity index (χ0n) is 12.2. The van der Waals surface area contributed by atoms with Gasteiger partial charge >= 0.3 is 5.69 Å². The van der Waals surface area contributed by atoms with Crippen LogP contribution in [0.15, 0.2) is 15.9 Å². The molecule has 2 heterocycles. The third kappa shape index (κ3) is 2.84. The number of aromatic nitrogens is 4. The summed E-state index contributed by atoms with van der Waals surface area (Å²) in [6, 6.07) is 0. The number of nitrogens with zero attached hydrogens (tertiary/aromatic N) is 3. The van der Waals surface area contributed by atoms with Gasteiger partial charge in [0.2, 0.25) is 0 Å². The Kier molecular flexibility index (Phi) is 4.76. The summed E-state index contributed by atoms with van der Waals surface area (Å²) in [7, 11) is 0. The minimum absolute atomic E-state index is 0.341. The Hall–Kier alpha value is -1.85. The summed E-state index contributed by atoms with van der Waals surface area (Å²) in [5.41, 5.74) is 0.307. The lowest BCUT2D eigenvalue weighted by molar-refractivity contribution is 0.605. The summed E-state index contributed by atoms with van der Waals surface area (Å²) >= 11 is 0. The lowest BCUT2D eigenvalue weighted by Crippen LogP contribution is -2.31. The average Bonchev–Trinajstić information content (AvgIpc) is 2.83. The van der Waals surface area contributed by atoms with Gasteiger partial charge in [-0.25, -0.2) is 9.78 Å². The topological polar surface area (TPSA) is 72.7 Å². The van der Waals surface area contributed by atoms with E-state index in [0.717, 1.165) is 38.6 Å². The summed E-state index contributed by atoms with van der Waals surface area (Å²) in [6.07, 6.45) is 6.80. The summed E-state index contributed by atoms with van der Waals surface area (Å²) < 4.78 is 3.42. The average molecular weight is 278 g/mol. The summed E-state index contributed by atoms with van der Waals surface area (Å²) in [4.78, 5) is 30.6. The van der Waals surface area contributed by atoms with Gasteiger partial charge in [0, 0.05) is 13.1 Å². The van der Waals surface area contributed by atoms with Crippen molar-refractivity contribution >= 4 is 11.2 Å². The molecule has 1 N–H and O–H groups in total. The van der Waals surface area contributed by atoms with E-state index in [9.17, 15) is 9.59 Å². The fraction of sp³-hybridized carbons (Fsp3) is 0.643. The van der Waals surface area contributed by atoms with Crippen molar-refractivity contribution in [2.24, 2.45) is 0 Å². The molecular weight excluding hydrogens is 256 g/mol. The predicted octanol–water partition coefficient (Wildman–Crippen LogP) is 1.88. The van der Waals surface area contributed by atoms with Gasteiger partial charge in [0.1, 0.15) is 0 Å². The minimum atomic E-state index is -0.366. The molecule has 0 unspecified atom stereocenters. The largest absolute Gasteiger partial charge is 0.330 e. The maximum Gasteiger partial charge on any atom is 0.330 e. The Morgan fingerprint density at radius 1 is 1.10 bits per heavy atom. The van der Waals surface area contributed by atoms with Crippen LogP contribution in [0.4, 0.5) is 0 Å². The molecule has 0 amide bonds. The van der Waals surface area contributed by atoms with E-state index in [1.807, 2.05) is 4.57 Å². The van der Waals surface area contributed by atoms with E-state index in [1.54, 1.807) is 10.9 Å². The Morgan fingerprint density at radius 2 is 1.85 bits per heavy atom. The first-order valence-corrected chi connectivity index (χ1v) is 7.37. The third-order valence-electron chi connectivity index (χ3n) is 3.49. The molecule has 2 aromatic rings. The molecule has 0 spiro atoms. The SMILES string of the molecule is CCCCCn1cnc2c1c(=O)[nH]c(=O)n2CCCC. The number of hydrogen-bond donors (Lipinski definition) is 1. The maximum atomic E-state index is 12.0. The molecule has 20 heavy (non-hydrogen) atoms. The number of imidazole rings is 1. The highest BCUT2D eigenvalue weighted by Crippen LogP contribution is 2.09. The smallest absolute Gasteiger partial charge is 0.325 e. The second-order valence-electron chi connectivity index (χ2n) is 5.08. The molecule has 0 atom stereocenters. The first-order valence-electron chi connectivity index (χ1n) is 7.37. The van der Waals surface area contributed by atoms with E-state index in [0.29, 0.717) is 17.7 Å². The van der Waals surface area contributed by atoms with Gasteiger partial charge in [0.05, 0.1) is 6.33 Å². The molecule has 0 aliphatic rings. The maximum absolute atomic E-state index is 12.0. The van der Waals surface area contributed by atoms with Gasteiger partial charge in [-0.15, -0.1) is 0 Å². The molecule has 0 radical (unpaired) electrons. The van der Waals surface area contributed by atoms with Crippen LogP contribution in [-0.2, 0) is 13.1 Å². The number of aryl methyl sites for hydroxylation is 2. The minimum Gasteiger partial charge on any atom is -0.325 e. The molecule has 0 aromatic carbocycles. The van der Waals surface area contributed by atoms with Crippen molar-refractivity contribution < 1.29 is 0 Å². The zero-order valence-corrected chi connectivity index (χ0v) is 12.2. The van der Waals surface area contributed by atoms with Crippen LogP contribution < -0.4 is 11.2 Å². The summed E-state index contributed by atoms with van der Waals surface area (Å²) in [5.74, 6) is 0. The van der Waals surface area contributed by atoms with E-state index in [1.165, 1.54) is 0 Å². The van der Waals surface area contributed by atoms with Crippen molar-refractivity contribution in [1.29, 1.82) is 0 Å². The standard InChI is InChI=1S/C14H22N4O2/c1-3-5-7-8-17-10-15-12-11(17)13(19)16-14(20)18(12)9-6-4-2/h10H,3-9H2,1-2H3,(H,16,19,20). The highest BCUT2D eigenvalue weighted by atomic mass is 16.2. The molecule has 0 fully saturated rings. The van der Waals surface area contributed by atoms with Crippen LogP contribution in [0.5, 0.6) is 0 Å². The second kappa shape index (κ2) is 6.54. The number of unbranched alkanes of at least 4 members (excludes halogenated alkanes) is 3. The van der Waals surface area contributed by atoms with Crippen LogP contribution in [0, 0.1) is 0 Å². The molecule has 0 saturated carbocycles. The van der Waals surface area contributed by atoms with E-state index < -0.39 is 0 Å². The van der Waals surface area contributed by atoms with E-state index in [-0.39, 0.29) is 11.2 Å². The quantitative estimate of drug-likeness (QED) is 0.786. The molecule has 2 aromatic heterocycles. The molecule has 6 heteroatoms. The van der Waals surface area contributed by atoms with E-state index in [4.69, 9.17) is 0 Å². The fourth-order valence-electron chi connectivity index (χ4n) is 2.35. The summed E-state index contributed by atoms with van der Waals surface area (Å²) in [5, 5.41) is 0. The highest BCUT2D eigenvalue weighted by molar-refractivity contribution is 5.69. The van der Waals surface area contributed by atoms with Gasteiger partial charge in [0.15, 0.2) is 11.2 Å². The molecule has 0 bridgehead atoms. The van der Waals surface area contributed by atoms with Crippen molar-refractivity contribution in [3.63, 3.8) is 0 Å². The molecular formula is C14H22N4O2. The van der Waals surface area contributed by atoms with Gasteiger partial charge in [0.25, 0.3) is 5.56 Å². The Morgan fingerprint density at radius 3 is 2.55 bits per heavy atom. The van der Waals surface area contributed by atoms with Crippen LogP contribution in [0.2, 0.25) is 0 Å². The van der Waals surface area contributed by atoms with Crippen LogP contribution in [-0.4, -0.2) is 19.1 Å². The van der Waals surface area contributed by atoms with Gasteiger partial charge in [-0.3, -0.25) is 14.3 Å². The molecule has 0 saturated heterocycles. The molecule has 6 nitrogen and oxygen atoms in total. The molecule has 0 aliphatic carbocycles. The number of H-pyrrole nitrogens is 1. The predicted molar refractivity (Wildman–Crippen MR) is 79.0 cm³/mol. The van der Waals surface area contributed by atoms with Gasteiger partial charge < -0.3 is 4.57 Å². The van der Waals surface area contributed by atoms with Gasteiger partial charge in [-0.05, 0) is 12.8 Å². The van der Waals surface area contributed by atoms with Crippen molar-refractivity contribution in [2.75, 3.05) is 0 Å². The number of nitrogens with one attached hydrogen (secondary N) is 1. The first kappa shape index (κ1) is 14.6. The molecule has 2 rings (SSSR count). The van der Waals surface area contributed by atoms with Crippen LogP contribution in [0.1, 0.15) is 46.0 Å². The normalized spacial score (nSPS) is 11.3.